The summed E-state index contributed by atoms with van der Waals surface area (Å²) in [5, 5.41) is 20.8. The predicted molar refractivity (Wildman–Crippen MR) is 231 cm³/mol. The standard InChI is InChI=1S/C32H35NO3.C18H23NO3/c34-32(25-33(23-27-12-4-1-5-13-27)24-28-14-6-2-7-15-28)30-18-10-19-31(22-30)36-21-11-20-35-26-29-16-8-3-9-17-29;19-13-18(20)16-8-4-9-17(12-16)22-11-5-10-21-14-15-6-2-1-3-7-15/h1-10,12-19,22,32,34H,11,20-21,23-26H2;1-4,6-9,12,18,20H,5,10-11,13-14,19H2/t32-;18-/m11/s1. The Kier molecular flexibility index (Phi) is 19.5. The van der Waals surface area contributed by atoms with Gasteiger partial charge in [0.1, 0.15) is 11.5 Å². The van der Waals surface area contributed by atoms with Gasteiger partial charge in [-0.3, -0.25) is 4.90 Å². The van der Waals surface area contributed by atoms with E-state index in [1.54, 1.807) is 0 Å². The molecule has 0 spiro atoms. The molecule has 58 heavy (non-hydrogen) atoms. The van der Waals surface area contributed by atoms with Crippen molar-refractivity contribution in [1.29, 1.82) is 0 Å². The third-order valence-electron chi connectivity index (χ3n) is 9.26. The summed E-state index contributed by atoms with van der Waals surface area (Å²) in [6.07, 6.45) is 0.367. The van der Waals surface area contributed by atoms with Crippen LogP contribution in [0, 0.1) is 0 Å². The molecular formula is C50H58N2O6. The fourth-order valence-electron chi connectivity index (χ4n) is 6.21. The van der Waals surface area contributed by atoms with Crippen LogP contribution in [0.4, 0.5) is 0 Å². The molecule has 8 heteroatoms. The number of benzene rings is 6. The second-order valence-electron chi connectivity index (χ2n) is 14.0. The molecule has 0 aromatic heterocycles. The molecule has 8 nitrogen and oxygen atoms in total. The van der Waals surface area contributed by atoms with Gasteiger partial charge in [-0.25, -0.2) is 0 Å². The Bertz CT molecular complexity index is 1910. The van der Waals surface area contributed by atoms with Crippen LogP contribution in [0.5, 0.6) is 11.5 Å². The highest BCUT2D eigenvalue weighted by Gasteiger charge is 2.16. The highest BCUT2D eigenvalue weighted by Crippen LogP contribution is 2.23. The van der Waals surface area contributed by atoms with Gasteiger partial charge in [-0.05, 0) is 57.6 Å². The smallest absolute Gasteiger partial charge is 0.119 e. The monoisotopic (exact) mass is 782 g/mol. The minimum Gasteiger partial charge on any atom is -0.493 e. The van der Waals surface area contributed by atoms with Crippen molar-refractivity contribution in [3.8, 4) is 11.5 Å². The van der Waals surface area contributed by atoms with Crippen molar-refractivity contribution < 1.29 is 29.2 Å². The average Bonchev–Trinajstić information content (AvgIpc) is 3.27. The first-order chi connectivity index (χ1) is 28.6. The van der Waals surface area contributed by atoms with E-state index in [4.69, 9.17) is 24.7 Å². The van der Waals surface area contributed by atoms with E-state index in [1.807, 2.05) is 109 Å². The number of hydrogen-bond acceptors (Lipinski definition) is 8. The van der Waals surface area contributed by atoms with Crippen molar-refractivity contribution in [1.82, 2.24) is 4.90 Å². The van der Waals surface area contributed by atoms with Crippen molar-refractivity contribution >= 4 is 0 Å². The van der Waals surface area contributed by atoms with Gasteiger partial charge < -0.3 is 34.9 Å². The Morgan fingerprint density at radius 3 is 1.26 bits per heavy atom. The SMILES string of the molecule is NC[C@@H](O)c1cccc(OCCCOCc2ccccc2)c1.O[C@H](CN(Cc1ccccc1)Cc1ccccc1)c1cccc(OCCCOCc2ccccc2)c1. The van der Waals surface area contributed by atoms with Gasteiger partial charge in [-0.2, -0.15) is 0 Å². The van der Waals surface area contributed by atoms with Crippen molar-refractivity contribution in [2.75, 3.05) is 39.5 Å². The molecule has 0 radical (unpaired) electrons. The summed E-state index contributed by atoms with van der Waals surface area (Å²) in [7, 11) is 0. The molecule has 304 valence electrons. The maximum Gasteiger partial charge on any atom is 0.119 e. The van der Waals surface area contributed by atoms with E-state index in [0.717, 1.165) is 48.6 Å². The van der Waals surface area contributed by atoms with Crippen LogP contribution in [-0.2, 0) is 35.8 Å². The van der Waals surface area contributed by atoms with Gasteiger partial charge in [-0.1, -0.05) is 146 Å². The van der Waals surface area contributed by atoms with E-state index < -0.39 is 12.2 Å². The molecule has 6 rings (SSSR count). The van der Waals surface area contributed by atoms with E-state index in [9.17, 15) is 10.2 Å². The highest BCUT2D eigenvalue weighted by atomic mass is 16.5. The van der Waals surface area contributed by atoms with Crippen LogP contribution in [0.3, 0.4) is 0 Å². The lowest BCUT2D eigenvalue weighted by Gasteiger charge is -2.26. The first-order valence-electron chi connectivity index (χ1n) is 20.1. The molecule has 0 fully saturated rings. The molecule has 0 bridgehead atoms. The topological polar surface area (TPSA) is 107 Å². The molecule has 0 saturated carbocycles. The Balaban J connectivity index is 0.000000249. The molecular weight excluding hydrogens is 725 g/mol. The molecule has 6 aromatic rings. The summed E-state index contributed by atoms with van der Waals surface area (Å²) >= 11 is 0. The average molecular weight is 783 g/mol. The molecule has 6 aromatic carbocycles. The summed E-state index contributed by atoms with van der Waals surface area (Å²) in [4.78, 5) is 2.28. The van der Waals surface area contributed by atoms with Crippen LogP contribution in [0.25, 0.3) is 0 Å². The number of nitrogens with zero attached hydrogens (tertiary/aromatic N) is 1. The van der Waals surface area contributed by atoms with Crippen LogP contribution in [0.1, 0.15) is 58.4 Å². The fraction of sp³-hybridized carbons (Fsp3) is 0.280. The second kappa shape index (κ2) is 25.8. The van der Waals surface area contributed by atoms with Gasteiger partial charge in [0, 0.05) is 39.0 Å². The second-order valence-corrected chi connectivity index (χ2v) is 14.0. The van der Waals surface area contributed by atoms with Crippen LogP contribution in [-0.4, -0.2) is 54.6 Å². The van der Waals surface area contributed by atoms with Gasteiger partial charge in [0.25, 0.3) is 0 Å². The summed E-state index contributed by atoms with van der Waals surface area (Å²) < 4.78 is 22.9. The molecule has 0 heterocycles. The number of nitrogens with two attached hydrogens (primary N) is 1. The summed E-state index contributed by atoms with van der Waals surface area (Å²) in [5.41, 5.74) is 11.9. The fourth-order valence-corrected chi connectivity index (χ4v) is 6.21. The molecule has 0 amide bonds. The summed E-state index contributed by atoms with van der Waals surface area (Å²) in [6, 6.07) is 56.2. The number of ether oxygens (including phenoxy) is 4. The van der Waals surface area contributed by atoms with Crippen LogP contribution in [0.2, 0.25) is 0 Å². The van der Waals surface area contributed by atoms with E-state index >= 15 is 0 Å². The zero-order valence-electron chi connectivity index (χ0n) is 33.4. The minimum absolute atomic E-state index is 0.205. The van der Waals surface area contributed by atoms with Gasteiger partial charge in [-0.15, -0.1) is 0 Å². The van der Waals surface area contributed by atoms with Gasteiger partial charge in [0.05, 0.1) is 51.8 Å². The number of aliphatic hydroxyl groups is 2. The highest BCUT2D eigenvalue weighted by molar-refractivity contribution is 5.31. The molecule has 0 aliphatic carbocycles. The Morgan fingerprint density at radius 1 is 0.448 bits per heavy atom. The zero-order chi connectivity index (χ0) is 40.5. The normalized spacial score (nSPS) is 12.0. The molecule has 0 saturated heterocycles. The molecule has 4 N–H and O–H groups in total. The van der Waals surface area contributed by atoms with Crippen molar-refractivity contribution in [2.24, 2.45) is 5.73 Å². The van der Waals surface area contributed by atoms with Gasteiger partial charge in [0.15, 0.2) is 0 Å². The zero-order valence-corrected chi connectivity index (χ0v) is 33.4. The van der Waals surface area contributed by atoms with Crippen LogP contribution >= 0.6 is 0 Å². The largest absolute Gasteiger partial charge is 0.493 e. The minimum atomic E-state index is -0.641. The first-order valence-corrected chi connectivity index (χ1v) is 20.1. The molecule has 0 unspecified atom stereocenters. The number of hydrogen-bond donors (Lipinski definition) is 3. The third kappa shape index (κ3) is 16.6. The number of aliphatic hydroxyl groups excluding tert-OH is 2. The molecule has 2 atom stereocenters. The first kappa shape index (κ1) is 43.8. The van der Waals surface area contributed by atoms with Crippen molar-refractivity contribution in [3.05, 3.63) is 203 Å². The van der Waals surface area contributed by atoms with Crippen molar-refractivity contribution in [2.45, 2.75) is 51.4 Å². The van der Waals surface area contributed by atoms with E-state index in [0.29, 0.717) is 46.2 Å². The van der Waals surface area contributed by atoms with E-state index in [1.165, 1.54) is 22.3 Å². The van der Waals surface area contributed by atoms with Crippen molar-refractivity contribution in [3.63, 3.8) is 0 Å². The Hall–Kier alpha value is -5.32. The predicted octanol–water partition coefficient (Wildman–Crippen LogP) is 9.07. The quantitative estimate of drug-likeness (QED) is 0.0553. The Labute approximate surface area is 344 Å². The van der Waals surface area contributed by atoms with E-state index in [2.05, 4.69) is 65.6 Å². The van der Waals surface area contributed by atoms with Gasteiger partial charge >= 0.3 is 0 Å². The molecule has 0 aliphatic heterocycles. The lowest BCUT2D eigenvalue weighted by Crippen LogP contribution is -2.28. The maximum atomic E-state index is 11.1. The van der Waals surface area contributed by atoms with Gasteiger partial charge in [0.2, 0.25) is 0 Å². The van der Waals surface area contributed by atoms with Crippen LogP contribution in [0.15, 0.2) is 170 Å². The Morgan fingerprint density at radius 2 is 0.845 bits per heavy atom. The van der Waals surface area contributed by atoms with Crippen LogP contribution < -0.4 is 15.2 Å². The molecule has 0 aliphatic rings. The lowest BCUT2D eigenvalue weighted by atomic mass is 10.1. The third-order valence-corrected chi connectivity index (χ3v) is 9.26. The summed E-state index contributed by atoms with van der Waals surface area (Å²) in [5.74, 6) is 1.51. The van der Waals surface area contributed by atoms with E-state index in [-0.39, 0.29) is 6.54 Å². The summed E-state index contributed by atoms with van der Waals surface area (Å²) in [6.45, 7) is 5.96. The lowest BCUT2D eigenvalue weighted by molar-refractivity contribution is 0.103. The number of rotatable bonds is 23. The maximum absolute atomic E-state index is 11.1.